The lowest BCUT2D eigenvalue weighted by Gasteiger charge is -2.13. The van der Waals surface area contributed by atoms with E-state index in [4.69, 9.17) is 23.7 Å². The van der Waals surface area contributed by atoms with E-state index < -0.39 is 0 Å². The number of Topliss-reactive ketones (excluding diaryl/α,β-unsaturated/α-hetero) is 1. The third-order valence-corrected chi connectivity index (χ3v) is 5.31. The van der Waals surface area contributed by atoms with E-state index in [1.807, 2.05) is 49.4 Å². The smallest absolute Gasteiger partial charge is 0.231 e. The summed E-state index contributed by atoms with van der Waals surface area (Å²) < 4.78 is 28.1. The minimum atomic E-state index is -0.160. The highest BCUT2D eigenvalue weighted by atomic mass is 16.7. The second-order valence-electron chi connectivity index (χ2n) is 7.22. The van der Waals surface area contributed by atoms with Crippen molar-refractivity contribution in [3.05, 3.63) is 82.6 Å². The van der Waals surface area contributed by atoms with Crippen LogP contribution in [-0.4, -0.2) is 19.7 Å². The molecule has 2 heterocycles. The average molecular weight is 416 g/mol. The predicted octanol–water partition coefficient (Wildman–Crippen LogP) is 4.93. The van der Waals surface area contributed by atoms with Crippen molar-refractivity contribution in [1.29, 1.82) is 0 Å². The molecule has 0 aromatic heterocycles. The number of rotatable bonds is 5. The first-order chi connectivity index (χ1) is 15.1. The van der Waals surface area contributed by atoms with Gasteiger partial charge in [-0.25, -0.2) is 0 Å². The molecule has 0 aliphatic carbocycles. The molecule has 6 heteroatoms. The van der Waals surface area contributed by atoms with Gasteiger partial charge in [-0.3, -0.25) is 4.79 Å². The summed E-state index contributed by atoms with van der Waals surface area (Å²) in [6, 6.07) is 16.7. The highest BCUT2D eigenvalue weighted by Crippen LogP contribution is 2.40. The van der Waals surface area contributed by atoms with Crippen LogP contribution in [0.2, 0.25) is 0 Å². The Morgan fingerprint density at radius 3 is 2.71 bits per heavy atom. The Hall–Kier alpha value is -3.93. The summed E-state index contributed by atoms with van der Waals surface area (Å²) in [4.78, 5) is 12.9. The fraction of sp³-hybridized carbons (Fsp3) is 0.160. The maximum absolute atomic E-state index is 12.9. The molecule has 0 spiro atoms. The Bertz CT molecular complexity index is 1210. The van der Waals surface area contributed by atoms with Crippen LogP contribution in [0, 0.1) is 6.92 Å². The average Bonchev–Trinajstić information content (AvgIpc) is 3.38. The molecular formula is C25H20O6. The van der Waals surface area contributed by atoms with Crippen LogP contribution in [0.3, 0.4) is 0 Å². The minimum Gasteiger partial charge on any atom is -0.496 e. The van der Waals surface area contributed by atoms with E-state index in [2.05, 4.69) is 0 Å². The molecule has 0 saturated heterocycles. The number of para-hydroxylation sites is 1. The number of ether oxygens (including phenoxy) is 5. The third kappa shape index (κ3) is 3.46. The van der Waals surface area contributed by atoms with Gasteiger partial charge in [0.15, 0.2) is 17.3 Å². The maximum atomic E-state index is 12.9. The summed E-state index contributed by atoms with van der Waals surface area (Å²) in [7, 11) is 1.63. The number of ketones is 1. The van der Waals surface area contributed by atoms with E-state index in [0.29, 0.717) is 35.2 Å². The summed E-state index contributed by atoms with van der Waals surface area (Å²) in [6.07, 6.45) is 1.71. The largest absolute Gasteiger partial charge is 0.496 e. The summed E-state index contributed by atoms with van der Waals surface area (Å²) in [6.45, 7) is 2.43. The number of carbonyl (C=O) groups is 1. The molecule has 3 aromatic rings. The summed E-state index contributed by atoms with van der Waals surface area (Å²) in [5, 5.41) is 0. The summed E-state index contributed by atoms with van der Waals surface area (Å²) >= 11 is 0. The number of hydrogen-bond donors (Lipinski definition) is 0. The molecular weight excluding hydrogens is 396 g/mol. The van der Waals surface area contributed by atoms with Crippen molar-refractivity contribution in [3.8, 4) is 28.7 Å². The Balaban J connectivity index is 1.38. The number of carbonyl (C=O) groups excluding carboxylic acids is 1. The molecule has 0 radical (unpaired) electrons. The van der Waals surface area contributed by atoms with Gasteiger partial charge in [-0.05, 0) is 48.9 Å². The van der Waals surface area contributed by atoms with Gasteiger partial charge in [-0.15, -0.1) is 0 Å². The molecule has 0 fully saturated rings. The molecule has 0 atom stereocenters. The number of fused-ring (bicyclic) bond motifs is 2. The first-order valence-electron chi connectivity index (χ1n) is 9.86. The minimum absolute atomic E-state index is 0.160. The van der Waals surface area contributed by atoms with Crippen molar-refractivity contribution in [2.45, 2.75) is 13.5 Å². The van der Waals surface area contributed by atoms with Crippen molar-refractivity contribution in [1.82, 2.24) is 0 Å². The quantitative estimate of drug-likeness (QED) is 0.550. The zero-order chi connectivity index (χ0) is 21.4. The van der Waals surface area contributed by atoms with Crippen molar-refractivity contribution in [2.24, 2.45) is 0 Å². The molecule has 3 aromatic carbocycles. The van der Waals surface area contributed by atoms with E-state index in [9.17, 15) is 4.79 Å². The van der Waals surface area contributed by atoms with E-state index >= 15 is 0 Å². The molecule has 0 amide bonds. The van der Waals surface area contributed by atoms with Crippen LogP contribution in [0.4, 0.5) is 0 Å². The third-order valence-electron chi connectivity index (χ3n) is 5.31. The Labute approximate surface area is 179 Å². The van der Waals surface area contributed by atoms with Crippen molar-refractivity contribution >= 4 is 11.9 Å². The van der Waals surface area contributed by atoms with Crippen LogP contribution in [0.25, 0.3) is 6.08 Å². The van der Waals surface area contributed by atoms with E-state index in [1.165, 1.54) is 0 Å². The van der Waals surface area contributed by atoms with E-state index in [-0.39, 0.29) is 18.3 Å². The van der Waals surface area contributed by atoms with Crippen LogP contribution < -0.4 is 23.7 Å². The first-order valence-corrected chi connectivity index (χ1v) is 9.86. The molecule has 0 bridgehead atoms. The Morgan fingerprint density at radius 1 is 1.00 bits per heavy atom. The molecule has 0 unspecified atom stereocenters. The molecule has 6 nitrogen and oxygen atoms in total. The second kappa shape index (κ2) is 7.72. The molecule has 5 rings (SSSR count). The van der Waals surface area contributed by atoms with Gasteiger partial charge in [0.2, 0.25) is 12.6 Å². The molecule has 2 aliphatic heterocycles. The van der Waals surface area contributed by atoms with Gasteiger partial charge in [0.25, 0.3) is 0 Å². The fourth-order valence-electron chi connectivity index (χ4n) is 3.66. The zero-order valence-corrected chi connectivity index (χ0v) is 17.1. The monoisotopic (exact) mass is 416 g/mol. The van der Waals surface area contributed by atoms with E-state index in [0.717, 1.165) is 22.4 Å². The lowest BCUT2D eigenvalue weighted by molar-refractivity contribution is 0.101. The van der Waals surface area contributed by atoms with Gasteiger partial charge < -0.3 is 23.7 Å². The number of allylic oxidation sites excluding steroid dienone is 1. The lowest BCUT2D eigenvalue weighted by atomic mass is 10.1. The van der Waals surface area contributed by atoms with E-state index in [1.54, 1.807) is 25.3 Å². The maximum Gasteiger partial charge on any atom is 0.231 e. The van der Waals surface area contributed by atoms with Gasteiger partial charge in [0.05, 0.1) is 12.7 Å². The first kappa shape index (κ1) is 19.1. The van der Waals surface area contributed by atoms with Gasteiger partial charge in [0, 0.05) is 11.1 Å². The zero-order valence-electron chi connectivity index (χ0n) is 17.1. The van der Waals surface area contributed by atoms with Crippen molar-refractivity contribution < 1.29 is 28.5 Å². The van der Waals surface area contributed by atoms with Gasteiger partial charge in [-0.2, -0.15) is 0 Å². The second-order valence-corrected chi connectivity index (χ2v) is 7.22. The topological polar surface area (TPSA) is 63.2 Å². The predicted molar refractivity (Wildman–Crippen MR) is 114 cm³/mol. The normalized spacial score (nSPS) is 15.0. The van der Waals surface area contributed by atoms with Crippen molar-refractivity contribution in [2.75, 3.05) is 13.9 Å². The van der Waals surface area contributed by atoms with Crippen LogP contribution in [0.5, 0.6) is 28.7 Å². The SMILES string of the molecule is COc1ccccc1COc1ccc2c(c1C)O/C(=C\c1ccc3c(c1)OCO3)C2=O. The molecule has 2 aliphatic rings. The standard InChI is InChI=1S/C25H20O6/c1-15-19(28-13-17-5-3-4-6-20(17)27-2)10-8-18-24(26)23(31-25(15)18)12-16-7-9-21-22(11-16)30-14-29-21/h3-12H,13-14H2,1-2H3/b23-12-. The van der Waals surface area contributed by atoms with Crippen molar-refractivity contribution in [3.63, 3.8) is 0 Å². The molecule has 31 heavy (non-hydrogen) atoms. The fourth-order valence-corrected chi connectivity index (χ4v) is 3.66. The van der Waals surface area contributed by atoms with Crippen LogP contribution in [-0.2, 0) is 6.61 Å². The number of benzene rings is 3. The highest BCUT2D eigenvalue weighted by Gasteiger charge is 2.30. The summed E-state index contributed by atoms with van der Waals surface area (Å²) in [5.74, 6) is 3.39. The van der Waals surface area contributed by atoms with Gasteiger partial charge >= 0.3 is 0 Å². The number of hydrogen-bond acceptors (Lipinski definition) is 6. The Kier molecular flexibility index (Phi) is 4.75. The summed E-state index contributed by atoms with van der Waals surface area (Å²) in [5.41, 5.74) is 3.03. The lowest BCUT2D eigenvalue weighted by Crippen LogP contribution is -2.00. The van der Waals surface area contributed by atoms with Gasteiger partial charge in [0.1, 0.15) is 23.9 Å². The molecule has 0 saturated carbocycles. The van der Waals surface area contributed by atoms with Crippen LogP contribution in [0.1, 0.15) is 27.0 Å². The Morgan fingerprint density at radius 2 is 1.84 bits per heavy atom. The van der Waals surface area contributed by atoms with Crippen LogP contribution >= 0.6 is 0 Å². The number of methoxy groups -OCH3 is 1. The van der Waals surface area contributed by atoms with Gasteiger partial charge in [-0.1, -0.05) is 24.3 Å². The van der Waals surface area contributed by atoms with Crippen LogP contribution in [0.15, 0.2) is 60.4 Å². The molecule has 0 N–H and O–H groups in total. The highest BCUT2D eigenvalue weighted by molar-refractivity contribution is 6.15. The molecule has 156 valence electrons.